The van der Waals surface area contributed by atoms with Crippen LogP contribution in [0.2, 0.25) is 0 Å². The largest absolute Gasteiger partial charge is 0.452 e. The van der Waals surface area contributed by atoms with Crippen LogP contribution in [0.3, 0.4) is 0 Å². The molecule has 0 aliphatic carbocycles. The summed E-state index contributed by atoms with van der Waals surface area (Å²) in [6.07, 6.45) is 1.18. The van der Waals surface area contributed by atoms with Gasteiger partial charge in [0, 0.05) is 30.8 Å². The van der Waals surface area contributed by atoms with Crippen molar-refractivity contribution in [3.63, 3.8) is 0 Å². The topological polar surface area (TPSA) is 105 Å². The highest BCUT2D eigenvalue weighted by atomic mass is 16.5. The first-order chi connectivity index (χ1) is 14.5. The number of hydrogen-bond acceptors (Lipinski definition) is 5. The fourth-order valence-corrected chi connectivity index (χ4v) is 3.19. The maximum Gasteiger partial charge on any atom is 0.340 e. The molecule has 2 aromatic rings. The van der Waals surface area contributed by atoms with Crippen LogP contribution in [0, 0.1) is 0 Å². The Kier molecular flexibility index (Phi) is 6.79. The van der Waals surface area contributed by atoms with Crippen molar-refractivity contribution in [2.75, 3.05) is 29.9 Å². The van der Waals surface area contributed by atoms with Crippen LogP contribution < -0.4 is 15.5 Å². The summed E-state index contributed by atoms with van der Waals surface area (Å²) in [6.45, 7) is 2.36. The van der Waals surface area contributed by atoms with E-state index in [4.69, 9.17) is 4.74 Å². The van der Waals surface area contributed by atoms with E-state index in [-0.39, 0.29) is 17.4 Å². The second-order valence-electron chi connectivity index (χ2n) is 6.73. The predicted molar refractivity (Wildman–Crippen MR) is 111 cm³/mol. The molecule has 8 nitrogen and oxygen atoms in total. The summed E-state index contributed by atoms with van der Waals surface area (Å²) in [5.74, 6) is -1.50. The van der Waals surface area contributed by atoms with Crippen LogP contribution in [0.1, 0.15) is 40.5 Å². The smallest absolute Gasteiger partial charge is 0.340 e. The molecule has 1 saturated heterocycles. The lowest BCUT2D eigenvalue weighted by molar-refractivity contribution is -0.119. The minimum Gasteiger partial charge on any atom is -0.452 e. The van der Waals surface area contributed by atoms with E-state index >= 15 is 0 Å². The van der Waals surface area contributed by atoms with Gasteiger partial charge in [0.05, 0.1) is 11.3 Å². The standard InChI is InChI=1S/C22H23N3O5/c1-2-23-21(28)15-7-5-8-16(13-15)24-19(26)14-30-22(29)17-9-3-4-10-18(17)25-12-6-11-20(25)27/h3-5,7-10,13H,2,6,11-12,14H2,1H3,(H,23,28)(H,24,26). The summed E-state index contributed by atoms with van der Waals surface area (Å²) < 4.78 is 5.15. The van der Waals surface area contributed by atoms with Gasteiger partial charge in [-0.2, -0.15) is 0 Å². The van der Waals surface area contributed by atoms with Gasteiger partial charge in [-0.25, -0.2) is 4.79 Å². The molecule has 2 N–H and O–H groups in total. The van der Waals surface area contributed by atoms with Crippen molar-refractivity contribution in [3.8, 4) is 0 Å². The molecule has 156 valence electrons. The van der Waals surface area contributed by atoms with Gasteiger partial charge in [0.25, 0.3) is 11.8 Å². The molecule has 0 bridgehead atoms. The van der Waals surface area contributed by atoms with Crippen LogP contribution in [0.4, 0.5) is 11.4 Å². The van der Waals surface area contributed by atoms with E-state index < -0.39 is 18.5 Å². The van der Waals surface area contributed by atoms with Crippen LogP contribution >= 0.6 is 0 Å². The molecule has 1 fully saturated rings. The van der Waals surface area contributed by atoms with E-state index in [1.54, 1.807) is 53.4 Å². The molecule has 0 atom stereocenters. The zero-order chi connectivity index (χ0) is 21.5. The third-order valence-corrected chi connectivity index (χ3v) is 4.57. The highest BCUT2D eigenvalue weighted by Crippen LogP contribution is 2.26. The van der Waals surface area contributed by atoms with E-state index in [9.17, 15) is 19.2 Å². The van der Waals surface area contributed by atoms with E-state index in [0.29, 0.717) is 36.4 Å². The molecule has 0 spiro atoms. The normalized spacial score (nSPS) is 13.1. The Morgan fingerprint density at radius 3 is 2.63 bits per heavy atom. The number of ether oxygens (including phenoxy) is 1. The number of hydrogen-bond donors (Lipinski definition) is 2. The van der Waals surface area contributed by atoms with Crippen molar-refractivity contribution < 1.29 is 23.9 Å². The Labute approximate surface area is 174 Å². The maximum atomic E-state index is 12.5. The Morgan fingerprint density at radius 2 is 1.90 bits per heavy atom. The number of nitrogens with zero attached hydrogens (tertiary/aromatic N) is 1. The highest BCUT2D eigenvalue weighted by molar-refractivity contribution is 6.04. The molecule has 0 radical (unpaired) electrons. The number of rotatable bonds is 7. The average molecular weight is 409 g/mol. The van der Waals surface area contributed by atoms with Gasteiger partial charge in [0.2, 0.25) is 5.91 Å². The lowest BCUT2D eigenvalue weighted by atomic mass is 10.1. The minimum absolute atomic E-state index is 0.0417. The zero-order valence-corrected chi connectivity index (χ0v) is 16.6. The SMILES string of the molecule is CCNC(=O)c1cccc(NC(=O)COC(=O)c2ccccc2N2CCCC2=O)c1. The molecular formula is C22H23N3O5. The van der Waals surface area contributed by atoms with Crippen molar-refractivity contribution in [1.82, 2.24) is 5.32 Å². The molecule has 3 amide bonds. The molecule has 1 aliphatic rings. The van der Waals surface area contributed by atoms with Crippen molar-refractivity contribution in [3.05, 3.63) is 59.7 Å². The number of nitrogens with one attached hydrogen (secondary N) is 2. The van der Waals surface area contributed by atoms with Crippen molar-refractivity contribution >= 4 is 35.1 Å². The number of amides is 3. The number of carbonyl (C=O) groups is 4. The second kappa shape index (κ2) is 9.69. The summed E-state index contributed by atoms with van der Waals surface area (Å²) in [5.41, 5.74) is 1.55. The summed E-state index contributed by atoms with van der Waals surface area (Å²) in [6, 6.07) is 13.1. The lowest BCUT2D eigenvalue weighted by Gasteiger charge is -2.18. The van der Waals surface area contributed by atoms with Crippen LogP contribution in [0.15, 0.2) is 48.5 Å². The summed E-state index contributed by atoms with van der Waals surface area (Å²) in [4.78, 5) is 50.2. The molecule has 1 heterocycles. The molecule has 2 aromatic carbocycles. The molecule has 3 rings (SSSR count). The summed E-state index contributed by atoms with van der Waals surface area (Å²) in [5, 5.41) is 5.29. The molecule has 0 saturated carbocycles. The number of anilines is 2. The molecule has 0 aromatic heterocycles. The Hall–Kier alpha value is -3.68. The Balaban J connectivity index is 1.61. The Bertz CT molecular complexity index is 973. The van der Waals surface area contributed by atoms with E-state index in [1.807, 2.05) is 6.92 Å². The highest BCUT2D eigenvalue weighted by Gasteiger charge is 2.26. The summed E-state index contributed by atoms with van der Waals surface area (Å²) >= 11 is 0. The van der Waals surface area contributed by atoms with Gasteiger partial charge in [-0.05, 0) is 43.7 Å². The van der Waals surface area contributed by atoms with Gasteiger partial charge < -0.3 is 20.3 Å². The number of carbonyl (C=O) groups excluding carboxylic acids is 4. The number of para-hydroxylation sites is 1. The second-order valence-corrected chi connectivity index (χ2v) is 6.73. The summed E-state index contributed by atoms with van der Waals surface area (Å²) in [7, 11) is 0. The van der Waals surface area contributed by atoms with Crippen LogP contribution in [-0.4, -0.2) is 43.4 Å². The van der Waals surface area contributed by atoms with Crippen molar-refractivity contribution in [2.24, 2.45) is 0 Å². The van der Waals surface area contributed by atoms with Crippen LogP contribution in [-0.2, 0) is 14.3 Å². The first-order valence-electron chi connectivity index (χ1n) is 9.74. The van der Waals surface area contributed by atoms with Crippen molar-refractivity contribution in [2.45, 2.75) is 19.8 Å². The van der Waals surface area contributed by atoms with Gasteiger partial charge in [-0.15, -0.1) is 0 Å². The monoisotopic (exact) mass is 409 g/mol. The average Bonchev–Trinajstić information content (AvgIpc) is 3.18. The Morgan fingerprint density at radius 1 is 1.10 bits per heavy atom. The fraction of sp³-hybridized carbons (Fsp3) is 0.273. The maximum absolute atomic E-state index is 12.5. The quantitative estimate of drug-likeness (QED) is 0.683. The minimum atomic E-state index is -0.684. The van der Waals surface area contributed by atoms with Gasteiger partial charge in [0.15, 0.2) is 6.61 Å². The van der Waals surface area contributed by atoms with Gasteiger partial charge in [-0.3, -0.25) is 14.4 Å². The third-order valence-electron chi connectivity index (χ3n) is 4.57. The predicted octanol–water partition coefficient (Wildman–Crippen LogP) is 2.36. The zero-order valence-electron chi connectivity index (χ0n) is 16.6. The lowest BCUT2D eigenvalue weighted by Crippen LogP contribution is -2.27. The van der Waals surface area contributed by atoms with E-state index in [1.165, 1.54) is 0 Å². The van der Waals surface area contributed by atoms with Crippen LogP contribution in [0.5, 0.6) is 0 Å². The molecule has 1 aliphatic heterocycles. The van der Waals surface area contributed by atoms with Crippen LogP contribution in [0.25, 0.3) is 0 Å². The van der Waals surface area contributed by atoms with Crippen molar-refractivity contribution in [1.29, 1.82) is 0 Å². The van der Waals surface area contributed by atoms with Gasteiger partial charge in [0.1, 0.15) is 0 Å². The molecule has 8 heteroatoms. The first-order valence-corrected chi connectivity index (χ1v) is 9.74. The van der Waals surface area contributed by atoms with E-state index in [0.717, 1.165) is 6.42 Å². The fourth-order valence-electron chi connectivity index (χ4n) is 3.19. The van der Waals surface area contributed by atoms with Gasteiger partial charge in [-0.1, -0.05) is 18.2 Å². The molecule has 30 heavy (non-hydrogen) atoms. The number of esters is 1. The number of benzene rings is 2. The first kappa shape index (κ1) is 21.0. The van der Waals surface area contributed by atoms with Gasteiger partial charge >= 0.3 is 5.97 Å². The third kappa shape index (κ3) is 5.02. The molecule has 0 unspecified atom stereocenters. The van der Waals surface area contributed by atoms with E-state index in [2.05, 4.69) is 10.6 Å². The molecular weight excluding hydrogens is 386 g/mol.